The summed E-state index contributed by atoms with van der Waals surface area (Å²) in [6.45, 7) is 4.34. The van der Waals surface area contributed by atoms with Gasteiger partial charge in [-0.2, -0.15) is 10.4 Å². The van der Waals surface area contributed by atoms with Crippen molar-refractivity contribution in [1.82, 2.24) is 10.3 Å². The highest BCUT2D eigenvalue weighted by Gasteiger charge is 2.14. The zero-order valence-electron chi connectivity index (χ0n) is 17.1. The number of amides is 1. The second kappa shape index (κ2) is 10.4. The minimum Gasteiger partial charge on any atom is -0.508 e. The predicted molar refractivity (Wildman–Crippen MR) is 114 cm³/mol. The number of para-hydroxylation sites is 1. The third-order valence-electron chi connectivity index (χ3n) is 5.05. The van der Waals surface area contributed by atoms with Crippen LogP contribution in [0.15, 0.2) is 47.6 Å². The molecule has 2 aromatic carbocycles. The number of piperidine rings is 1. The van der Waals surface area contributed by atoms with Crippen LogP contribution in [0.5, 0.6) is 11.5 Å². The molecule has 1 amide bonds. The van der Waals surface area contributed by atoms with E-state index in [2.05, 4.69) is 15.4 Å². The van der Waals surface area contributed by atoms with E-state index in [9.17, 15) is 9.90 Å². The van der Waals surface area contributed by atoms with E-state index in [0.717, 1.165) is 24.2 Å². The van der Waals surface area contributed by atoms with Gasteiger partial charge in [0, 0.05) is 12.1 Å². The molecule has 30 heavy (non-hydrogen) atoms. The number of hydrogen-bond donors (Lipinski definition) is 2. The predicted octanol–water partition coefficient (Wildman–Crippen LogP) is 3.17. The number of phenols is 1. The number of hydrogen-bond acceptors (Lipinski definition) is 6. The summed E-state index contributed by atoms with van der Waals surface area (Å²) in [6, 6.07) is 14.1. The molecule has 2 N–H and O–H groups in total. The van der Waals surface area contributed by atoms with Gasteiger partial charge in [0.1, 0.15) is 17.6 Å². The highest BCUT2D eigenvalue weighted by atomic mass is 16.5. The van der Waals surface area contributed by atoms with Crippen molar-refractivity contribution in [1.29, 1.82) is 5.26 Å². The van der Waals surface area contributed by atoms with Crippen LogP contribution >= 0.6 is 0 Å². The van der Waals surface area contributed by atoms with Crippen LogP contribution in [-0.4, -0.2) is 41.3 Å². The SMILES string of the molecule is C/C(=N\NC(=O)COc1ccccc1C#N)c1ccc(O)c(CN2CCCCC2)c1. The summed E-state index contributed by atoms with van der Waals surface area (Å²) >= 11 is 0. The average molecular weight is 406 g/mol. The Bertz CT molecular complexity index is 959. The van der Waals surface area contributed by atoms with Crippen molar-refractivity contribution in [3.05, 3.63) is 59.2 Å². The molecule has 1 saturated heterocycles. The highest BCUT2D eigenvalue weighted by Crippen LogP contribution is 2.22. The fourth-order valence-electron chi connectivity index (χ4n) is 3.37. The van der Waals surface area contributed by atoms with Crippen molar-refractivity contribution < 1.29 is 14.6 Å². The number of hydrazone groups is 1. The maximum Gasteiger partial charge on any atom is 0.277 e. The van der Waals surface area contributed by atoms with Gasteiger partial charge in [-0.15, -0.1) is 0 Å². The van der Waals surface area contributed by atoms with Gasteiger partial charge >= 0.3 is 0 Å². The number of ether oxygens (including phenoxy) is 1. The number of nitrogens with one attached hydrogen (secondary N) is 1. The lowest BCUT2D eigenvalue weighted by Crippen LogP contribution is -2.29. The van der Waals surface area contributed by atoms with Gasteiger partial charge in [-0.25, -0.2) is 5.43 Å². The highest BCUT2D eigenvalue weighted by molar-refractivity contribution is 5.99. The van der Waals surface area contributed by atoms with Crippen molar-refractivity contribution >= 4 is 11.6 Å². The van der Waals surface area contributed by atoms with E-state index >= 15 is 0 Å². The topological polar surface area (TPSA) is 97.9 Å². The van der Waals surface area contributed by atoms with Gasteiger partial charge in [-0.05, 0) is 68.8 Å². The van der Waals surface area contributed by atoms with Crippen molar-refractivity contribution in [3.8, 4) is 17.6 Å². The molecule has 0 aromatic heterocycles. The summed E-state index contributed by atoms with van der Waals surface area (Å²) in [6.07, 6.45) is 3.64. The smallest absolute Gasteiger partial charge is 0.277 e. The van der Waals surface area contributed by atoms with E-state index in [4.69, 9.17) is 10.00 Å². The van der Waals surface area contributed by atoms with Crippen LogP contribution in [0.1, 0.15) is 42.9 Å². The number of carbonyl (C=O) groups is 1. The largest absolute Gasteiger partial charge is 0.508 e. The number of nitriles is 1. The summed E-state index contributed by atoms with van der Waals surface area (Å²) in [5, 5.41) is 23.4. The van der Waals surface area contributed by atoms with Gasteiger partial charge < -0.3 is 9.84 Å². The zero-order valence-corrected chi connectivity index (χ0v) is 17.1. The second-order valence-corrected chi connectivity index (χ2v) is 7.31. The number of carbonyl (C=O) groups excluding carboxylic acids is 1. The van der Waals surface area contributed by atoms with Crippen LogP contribution in [0.3, 0.4) is 0 Å². The number of likely N-dealkylation sites (tertiary alicyclic amines) is 1. The van der Waals surface area contributed by atoms with Crippen LogP contribution in [0.4, 0.5) is 0 Å². The van der Waals surface area contributed by atoms with Crippen LogP contribution in [-0.2, 0) is 11.3 Å². The van der Waals surface area contributed by atoms with Crippen LogP contribution < -0.4 is 10.2 Å². The Labute approximate surface area is 176 Å². The molecule has 0 bridgehead atoms. The standard InChI is InChI=1S/C23H26N4O3/c1-17(25-26-23(29)16-30-22-8-4-3-7-19(22)14-24)18-9-10-21(28)20(13-18)15-27-11-5-2-6-12-27/h3-4,7-10,13,28H,2,5-6,11-12,15-16H2,1H3,(H,26,29)/b25-17+. The van der Waals surface area contributed by atoms with Gasteiger partial charge in [0.05, 0.1) is 11.3 Å². The Morgan fingerprint density at radius 2 is 2.00 bits per heavy atom. The summed E-state index contributed by atoms with van der Waals surface area (Å²) < 4.78 is 5.40. The number of aromatic hydroxyl groups is 1. The summed E-state index contributed by atoms with van der Waals surface area (Å²) in [5.41, 5.74) is 5.15. The Kier molecular flexibility index (Phi) is 7.41. The van der Waals surface area contributed by atoms with Crippen molar-refractivity contribution in [2.24, 2.45) is 5.10 Å². The molecule has 7 nitrogen and oxygen atoms in total. The van der Waals surface area contributed by atoms with E-state index in [-0.39, 0.29) is 12.4 Å². The molecular formula is C23H26N4O3. The number of rotatable bonds is 7. The van der Waals surface area contributed by atoms with Crippen molar-refractivity contribution in [2.75, 3.05) is 19.7 Å². The third-order valence-corrected chi connectivity index (χ3v) is 5.05. The van der Waals surface area contributed by atoms with E-state index in [1.54, 1.807) is 43.3 Å². The van der Waals surface area contributed by atoms with Crippen LogP contribution in [0.2, 0.25) is 0 Å². The van der Waals surface area contributed by atoms with Crippen molar-refractivity contribution in [2.45, 2.75) is 32.7 Å². The van der Waals surface area contributed by atoms with Crippen molar-refractivity contribution in [3.63, 3.8) is 0 Å². The summed E-state index contributed by atoms with van der Waals surface area (Å²) in [5.74, 6) is 0.205. The molecule has 0 unspecified atom stereocenters. The van der Waals surface area contributed by atoms with Crippen LogP contribution in [0.25, 0.3) is 0 Å². The Hall–Kier alpha value is -3.37. The molecule has 1 fully saturated rings. The van der Waals surface area contributed by atoms with Gasteiger partial charge in [0.25, 0.3) is 5.91 Å². The van der Waals surface area contributed by atoms with E-state index in [0.29, 0.717) is 23.6 Å². The van der Waals surface area contributed by atoms with E-state index in [1.165, 1.54) is 19.3 Å². The van der Waals surface area contributed by atoms with Gasteiger partial charge in [-0.3, -0.25) is 9.69 Å². The molecule has 1 aliphatic heterocycles. The lowest BCUT2D eigenvalue weighted by molar-refractivity contribution is -0.123. The summed E-state index contributed by atoms with van der Waals surface area (Å²) in [4.78, 5) is 14.4. The molecule has 0 radical (unpaired) electrons. The van der Waals surface area contributed by atoms with Gasteiger partial charge in [-0.1, -0.05) is 18.6 Å². The van der Waals surface area contributed by atoms with Crippen LogP contribution in [0, 0.1) is 11.3 Å². The lowest BCUT2D eigenvalue weighted by atomic mass is 10.0. The minimum absolute atomic E-state index is 0.245. The van der Waals surface area contributed by atoms with Gasteiger partial charge in [0.2, 0.25) is 0 Å². The minimum atomic E-state index is -0.422. The fraction of sp³-hybridized carbons (Fsp3) is 0.348. The number of benzene rings is 2. The quantitative estimate of drug-likeness (QED) is 0.544. The molecule has 0 atom stereocenters. The first kappa shape index (κ1) is 21.3. The summed E-state index contributed by atoms with van der Waals surface area (Å²) in [7, 11) is 0. The number of nitrogens with zero attached hydrogens (tertiary/aromatic N) is 3. The third kappa shape index (κ3) is 5.82. The molecule has 0 spiro atoms. The molecular weight excluding hydrogens is 380 g/mol. The monoisotopic (exact) mass is 406 g/mol. The molecule has 156 valence electrons. The molecule has 2 aromatic rings. The second-order valence-electron chi connectivity index (χ2n) is 7.31. The van der Waals surface area contributed by atoms with Gasteiger partial charge in [0.15, 0.2) is 6.61 Å². The first-order chi connectivity index (χ1) is 14.6. The number of phenolic OH excluding ortho intramolecular Hbond substituents is 1. The van der Waals surface area contributed by atoms with E-state index < -0.39 is 5.91 Å². The molecule has 0 aliphatic carbocycles. The normalized spacial score (nSPS) is 14.7. The first-order valence-corrected chi connectivity index (χ1v) is 10.1. The molecule has 1 heterocycles. The fourth-order valence-corrected chi connectivity index (χ4v) is 3.37. The Balaban J connectivity index is 1.58. The maximum absolute atomic E-state index is 12.1. The molecule has 1 aliphatic rings. The zero-order chi connectivity index (χ0) is 21.3. The average Bonchev–Trinajstić information content (AvgIpc) is 2.78. The molecule has 0 saturated carbocycles. The first-order valence-electron chi connectivity index (χ1n) is 10.1. The lowest BCUT2D eigenvalue weighted by Gasteiger charge is -2.26. The Morgan fingerprint density at radius 3 is 2.77 bits per heavy atom. The molecule has 3 rings (SSSR count). The maximum atomic E-state index is 12.1. The van der Waals surface area contributed by atoms with E-state index in [1.807, 2.05) is 12.1 Å². The Morgan fingerprint density at radius 1 is 1.23 bits per heavy atom. The molecule has 7 heteroatoms.